The molecule has 0 aromatic rings. The maximum atomic E-state index is 13.1. The zero-order chi connectivity index (χ0) is 73.5. The van der Waals surface area contributed by atoms with Gasteiger partial charge >= 0.3 is 39.5 Å². The molecule has 0 saturated carbocycles. The Morgan fingerprint density at radius 1 is 0.290 bits per heavy atom. The quantitative estimate of drug-likeness (QED) is 0.0222. The number of carbonyl (C=O) groups is 4. The second-order valence-electron chi connectivity index (χ2n) is 29.9. The van der Waals surface area contributed by atoms with Gasteiger partial charge in [-0.15, -0.1) is 0 Å². The van der Waals surface area contributed by atoms with E-state index < -0.39 is 97.5 Å². The predicted molar refractivity (Wildman–Crippen MR) is 409 cm³/mol. The van der Waals surface area contributed by atoms with Crippen LogP contribution in [0.2, 0.25) is 0 Å². The second kappa shape index (κ2) is 72.6. The van der Waals surface area contributed by atoms with Gasteiger partial charge in [-0.1, -0.05) is 375 Å². The molecule has 17 nitrogen and oxygen atoms in total. The number of unbranched alkanes of at least 4 members (excludes halogenated alkanes) is 49. The molecule has 0 saturated heterocycles. The molecule has 0 spiro atoms. The van der Waals surface area contributed by atoms with Crippen molar-refractivity contribution in [2.24, 2.45) is 11.8 Å². The Labute approximate surface area is 613 Å². The molecule has 19 heteroatoms. The molecule has 0 aromatic heterocycles. The molecule has 100 heavy (non-hydrogen) atoms. The van der Waals surface area contributed by atoms with Crippen molar-refractivity contribution < 1.29 is 80.2 Å². The number of aliphatic hydroxyl groups excluding tert-OH is 1. The molecule has 0 aliphatic rings. The molecule has 0 aliphatic heterocycles. The van der Waals surface area contributed by atoms with Gasteiger partial charge < -0.3 is 33.8 Å². The molecule has 0 rings (SSSR count). The minimum absolute atomic E-state index is 0.108. The Balaban J connectivity index is 5.21. The molecule has 0 amide bonds. The molecule has 0 bridgehead atoms. The van der Waals surface area contributed by atoms with Crippen LogP contribution in [0.4, 0.5) is 0 Å². The van der Waals surface area contributed by atoms with E-state index in [1.165, 1.54) is 244 Å². The van der Waals surface area contributed by atoms with E-state index in [4.69, 9.17) is 37.0 Å². The summed E-state index contributed by atoms with van der Waals surface area (Å²) in [4.78, 5) is 73.0. The number of ether oxygens (including phenoxy) is 4. The van der Waals surface area contributed by atoms with Crippen LogP contribution in [0.15, 0.2) is 0 Å². The van der Waals surface area contributed by atoms with Crippen LogP contribution in [0.1, 0.15) is 427 Å². The van der Waals surface area contributed by atoms with Crippen LogP contribution in [-0.2, 0) is 65.4 Å². The first-order valence-corrected chi connectivity index (χ1v) is 45.0. The molecule has 594 valence electrons. The summed E-state index contributed by atoms with van der Waals surface area (Å²) in [6, 6.07) is 0. The number of aliphatic hydroxyl groups is 1. The van der Waals surface area contributed by atoms with E-state index in [0.717, 1.165) is 102 Å². The third-order valence-electron chi connectivity index (χ3n) is 19.3. The SMILES string of the molecule is CCCCCCCCCCCCCCCC(=O)OC[C@H](COP(=O)(O)OC[C@@H](O)COP(=O)(O)OC[C@@H](COC(=O)CCCCCCCCCCCC(C)C)OC(=O)CCCCCCCCCCCCCCC)OC(=O)CCCCCCCCCCCCCCCCCCCCC(C)CC. The zero-order valence-corrected chi connectivity index (χ0v) is 67.3. The fourth-order valence-electron chi connectivity index (χ4n) is 12.5. The van der Waals surface area contributed by atoms with Crippen LogP contribution < -0.4 is 0 Å². The molecular weight excluding hydrogens is 1310 g/mol. The number of carbonyl (C=O) groups excluding carboxylic acids is 4. The molecular formula is C81H158O17P2. The van der Waals surface area contributed by atoms with Crippen molar-refractivity contribution in [3.8, 4) is 0 Å². The number of hydrogen-bond donors (Lipinski definition) is 3. The van der Waals surface area contributed by atoms with Gasteiger partial charge in [0, 0.05) is 25.7 Å². The molecule has 0 aliphatic carbocycles. The van der Waals surface area contributed by atoms with Crippen LogP contribution in [0, 0.1) is 11.8 Å². The first-order valence-electron chi connectivity index (χ1n) is 42.0. The Morgan fingerprint density at radius 2 is 0.510 bits per heavy atom. The fourth-order valence-corrected chi connectivity index (χ4v) is 14.1. The van der Waals surface area contributed by atoms with Gasteiger partial charge in [0.1, 0.15) is 19.3 Å². The van der Waals surface area contributed by atoms with E-state index in [2.05, 4.69) is 41.5 Å². The lowest BCUT2D eigenvalue weighted by molar-refractivity contribution is -0.161. The highest BCUT2D eigenvalue weighted by molar-refractivity contribution is 7.47. The largest absolute Gasteiger partial charge is 0.472 e. The normalized spacial score (nSPS) is 14.2. The summed E-state index contributed by atoms with van der Waals surface area (Å²) in [6.07, 6.45) is 62.3. The number of esters is 4. The van der Waals surface area contributed by atoms with Crippen molar-refractivity contribution in [2.45, 2.75) is 445 Å². The zero-order valence-electron chi connectivity index (χ0n) is 65.5. The predicted octanol–water partition coefficient (Wildman–Crippen LogP) is 24.3. The van der Waals surface area contributed by atoms with E-state index in [1.807, 2.05) is 0 Å². The number of rotatable bonds is 80. The third kappa shape index (κ3) is 73.0. The summed E-state index contributed by atoms with van der Waals surface area (Å²) in [7, 11) is -9.92. The minimum Gasteiger partial charge on any atom is -0.462 e. The first-order chi connectivity index (χ1) is 48.4. The lowest BCUT2D eigenvalue weighted by Crippen LogP contribution is -2.30. The average molecular weight is 1470 g/mol. The third-order valence-corrected chi connectivity index (χ3v) is 21.2. The van der Waals surface area contributed by atoms with Crippen molar-refractivity contribution in [1.82, 2.24) is 0 Å². The summed E-state index contributed by atoms with van der Waals surface area (Å²) in [5.74, 6) is -0.492. The summed E-state index contributed by atoms with van der Waals surface area (Å²) in [5, 5.41) is 10.6. The van der Waals surface area contributed by atoms with Crippen LogP contribution in [-0.4, -0.2) is 96.7 Å². The molecule has 6 atom stereocenters. The van der Waals surface area contributed by atoms with E-state index in [-0.39, 0.29) is 25.7 Å². The van der Waals surface area contributed by atoms with Gasteiger partial charge in [0.2, 0.25) is 0 Å². The Bertz CT molecular complexity index is 1930. The Kier molecular flexibility index (Phi) is 71.2. The lowest BCUT2D eigenvalue weighted by atomic mass is 9.99. The minimum atomic E-state index is -4.96. The van der Waals surface area contributed by atoms with Gasteiger partial charge in [-0.3, -0.25) is 37.3 Å². The van der Waals surface area contributed by atoms with Crippen molar-refractivity contribution in [3.05, 3.63) is 0 Å². The smallest absolute Gasteiger partial charge is 0.462 e. The summed E-state index contributed by atoms with van der Waals surface area (Å²) < 4.78 is 68.7. The molecule has 3 unspecified atom stereocenters. The Morgan fingerprint density at radius 3 is 0.760 bits per heavy atom. The molecule has 3 N–H and O–H groups in total. The van der Waals surface area contributed by atoms with E-state index in [9.17, 15) is 43.2 Å². The molecule has 0 heterocycles. The number of phosphoric acid groups is 2. The topological polar surface area (TPSA) is 237 Å². The fraction of sp³-hybridized carbons (Fsp3) is 0.951. The van der Waals surface area contributed by atoms with Crippen LogP contribution in [0.3, 0.4) is 0 Å². The lowest BCUT2D eigenvalue weighted by Gasteiger charge is -2.21. The average Bonchev–Trinajstić information content (AvgIpc) is 0.919. The van der Waals surface area contributed by atoms with Crippen molar-refractivity contribution >= 4 is 39.5 Å². The van der Waals surface area contributed by atoms with Gasteiger partial charge in [-0.05, 0) is 37.5 Å². The van der Waals surface area contributed by atoms with Crippen molar-refractivity contribution in [2.75, 3.05) is 39.6 Å². The highest BCUT2D eigenvalue weighted by Crippen LogP contribution is 2.45. The van der Waals surface area contributed by atoms with Gasteiger partial charge in [-0.2, -0.15) is 0 Å². The summed E-state index contributed by atoms with van der Waals surface area (Å²) in [5.41, 5.74) is 0. The second-order valence-corrected chi connectivity index (χ2v) is 32.8. The Hall–Kier alpha value is -1.94. The standard InChI is InChI=1S/C81H158O17P2/c1-7-10-12-14-16-18-20-28-33-39-45-51-57-63-78(83)91-69-76(97-81(86)66-60-54-48-41-35-31-27-25-23-22-24-26-30-32-38-44-50-56-62-74(6)9-3)71-95-99(87,88)93-67-75(82)68-94-100(89,90)96-72-77(70-92-79(84)64-58-52-46-42-36-37-43-49-55-61-73(4)5)98-80(85)65-59-53-47-40-34-29-21-19-17-15-13-11-8-2/h73-77,82H,7-72H2,1-6H3,(H,87,88)(H,89,90)/t74?,75-,76-,77-/m1/s1. The summed E-state index contributed by atoms with van der Waals surface area (Å²) >= 11 is 0. The van der Waals surface area contributed by atoms with Crippen LogP contribution >= 0.6 is 15.6 Å². The maximum Gasteiger partial charge on any atom is 0.472 e. The molecule has 0 radical (unpaired) electrons. The van der Waals surface area contributed by atoms with Gasteiger partial charge in [-0.25, -0.2) is 9.13 Å². The van der Waals surface area contributed by atoms with E-state index in [1.54, 1.807) is 0 Å². The number of hydrogen-bond acceptors (Lipinski definition) is 15. The van der Waals surface area contributed by atoms with Gasteiger partial charge in [0.15, 0.2) is 12.2 Å². The first kappa shape index (κ1) is 98.1. The monoisotopic (exact) mass is 1470 g/mol. The van der Waals surface area contributed by atoms with Crippen LogP contribution in [0.25, 0.3) is 0 Å². The number of phosphoric ester groups is 2. The van der Waals surface area contributed by atoms with Gasteiger partial charge in [0.25, 0.3) is 0 Å². The van der Waals surface area contributed by atoms with E-state index >= 15 is 0 Å². The van der Waals surface area contributed by atoms with Crippen LogP contribution in [0.5, 0.6) is 0 Å². The molecule has 0 fully saturated rings. The maximum absolute atomic E-state index is 13.1. The highest BCUT2D eigenvalue weighted by atomic mass is 31.2. The molecule has 0 aromatic carbocycles. The highest BCUT2D eigenvalue weighted by Gasteiger charge is 2.30. The van der Waals surface area contributed by atoms with Crippen molar-refractivity contribution in [3.63, 3.8) is 0 Å². The van der Waals surface area contributed by atoms with Crippen molar-refractivity contribution in [1.29, 1.82) is 0 Å². The summed E-state index contributed by atoms with van der Waals surface area (Å²) in [6.45, 7) is 9.68. The van der Waals surface area contributed by atoms with Gasteiger partial charge in [0.05, 0.1) is 26.4 Å². The van der Waals surface area contributed by atoms with E-state index in [0.29, 0.717) is 25.7 Å².